The van der Waals surface area contributed by atoms with Crippen LogP contribution in [0.3, 0.4) is 0 Å². The molecule has 5 rings (SSSR count). The fourth-order valence-electron chi connectivity index (χ4n) is 3.94. The molecule has 1 aliphatic heterocycles. The molecule has 1 amide bonds. The first kappa shape index (κ1) is 21.3. The number of halogens is 2. The molecule has 1 aliphatic rings. The number of nitriles is 1. The van der Waals surface area contributed by atoms with Crippen molar-refractivity contribution in [1.82, 2.24) is 15.0 Å². The van der Waals surface area contributed by atoms with Gasteiger partial charge in [0.05, 0.1) is 5.52 Å². The molecule has 3 heterocycles. The molecular weight excluding hydrogens is 442 g/mol. The van der Waals surface area contributed by atoms with Crippen molar-refractivity contribution in [2.24, 2.45) is 0 Å². The minimum Gasteiger partial charge on any atom is -0.434 e. The molecule has 1 saturated heterocycles. The zero-order valence-corrected chi connectivity index (χ0v) is 18.0. The van der Waals surface area contributed by atoms with Crippen molar-refractivity contribution in [3.63, 3.8) is 0 Å². The SMILES string of the molecule is Cc1cc2c(F)c(Oc3ncnc(Nc4ccc(N5CCCC5=O)cc4)c3C#N)cc(F)c2[nH]1. The van der Waals surface area contributed by atoms with Gasteiger partial charge in [-0.25, -0.2) is 18.7 Å². The summed E-state index contributed by atoms with van der Waals surface area (Å²) >= 11 is 0. The van der Waals surface area contributed by atoms with E-state index >= 15 is 0 Å². The number of anilines is 3. The van der Waals surface area contributed by atoms with Crippen LogP contribution in [0.5, 0.6) is 11.6 Å². The number of ether oxygens (including phenoxy) is 1. The molecule has 2 aromatic carbocycles. The molecule has 34 heavy (non-hydrogen) atoms. The molecule has 2 N–H and O–H groups in total. The van der Waals surface area contributed by atoms with Gasteiger partial charge in [0.25, 0.3) is 0 Å². The summed E-state index contributed by atoms with van der Waals surface area (Å²) in [5, 5.41) is 12.7. The van der Waals surface area contributed by atoms with Gasteiger partial charge in [-0.05, 0) is 43.7 Å². The molecule has 0 atom stereocenters. The van der Waals surface area contributed by atoms with Gasteiger partial charge in [0.15, 0.2) is 28.8 Å². The highest BCUT2D eigenvalue weighted by Gasteiger charge is 2.22. The summed E-state index contributed by atoms with van der Waals surface area (Å²) in [5.74, 6) is -1.86. The van der Waals surface area contributed by atoms with Crippen LogP contribution >= 0.6 is 0 Å². The van der Waals surface area contributed by atoms with Gasteiger partial charge >= 0.3 is 0 Å². The Bertz CT molecular complexity index is 1460. The molecule has 1 fully saturated rings. The summed E-state index contributed by atoms with van der Waals surface area (Å²) in [5.41, 5.74) is 1.95. The van der Waals surface area contributed by atoms with Crippen LogP contribution in [0.15, 0.2) is 42.7 Å². The number of amides is 1. The number of hydrogen-bond acceptors (Lipinski definition) is 6. The highest BCUT2D eigenvalue weighted by molar-refractivity contribution is 5.95. The first-order chi connectivity index (χ1) is 16.4. The van der Waals surface area contributed by atoms with Crippen LogP contribution in [-0.2, 0) is 4.79 Å². The Hall–Kier alpha value is -4.52. The van der Waals surface area contributed by atoms with E-state index in [9.17, 15) is 18.8 Å². The van der Waals surface area contributed by atoms with Crippen LogP contribution in [0, 0.1) is 29.9 Å². The summed E-state index contributed by atoms with van der Waals surface area (Å²) in [6.45, 7) is 2.37. The standard InChI is InChI=1S/C24H18F2N6O2/c1-13-9-16-21(26)19(10-18(25)22(16)30-13)34-24-17(11-27)23(28-12-29-24)31-14-4-6-15(7-5-14)32-8-2-3-20(32)33/h4-7,9-10,12,30H,2-3,8H2,1H3,(H,28,29,31). The summed E-state index contributed by atoms with van der Waals surface area (Å²) in [6, 6.07) is 11.4. The third-order valence-electron chi connectivity index (χ3n) is 5.55. The number of aromatic nitrogens is 3. The van der Waals surface area contributed by atoms with Gasteiger partial charge in [0, 0.05) is 41.5 Å². The number of nitrogens with zero attached hydrogens (tertiary/aromatic N) is 4. The van der Waals surface area contributed by atoms with E-state index in [1.54, 1.807) is 36.1 Å². The van der Waals surface area contributed by atoms with Gasteiger partial charge in [0.1, 0.15) is 12.4 Å². The van der Waals surface area contributed by atoms with E-state index in [4.69, 9.17) is 4.74 Å². The van der Waals surface area contributed by atoms with E-state index in [1.165, 1.54) is 6.07 Å². The topological polar surface area (TPSA) is 107 Å². The summed E-state index contributed by atoms with van der Waals surface area (Å²) in [7, 11) is 0. The van der Waals surface area contributed by atoms with Gasteiger partial charge in [0.2, 0.25) is 11.8 Å². The number of aromatic amines is 1. The van der Waals surface area contributed by atoms with Crippen LogP contribution in [-0.4, -0.2) is 27.4 Å². The molecule has 0 aliphatic carbocycles. The van der Waals surface area contributed by atoms with E-state index in [2.05, 4.69) is 20.3 Å². The Balaban J connectivity index is 1.43. The summed E-state index contributed by atoms with van der Waals surface area (Å²) < 4.78 is 34.9. The molecule has 0 saturated carbocycles. The third-order valence-corrected chi connectivity index (χ3v) is 5.55. The molecule has 4 aromatic rings. The number of H-pyrrole nitrogens is 1. The second kappa shape index (κ2) is 8.44. The molecule has 0 spiro atoms. The largest absolute Gasteiger partial charge is 0.434 e. The minimum atomic E-state index is -0.773. The fraction of sp³-hybridized carbons (Fsp3) is 0.167. The van der Waals surface area contributed by atoms with Crippen LogP contribution < -0.4 is 15.0 Å². The molecule has 0 radical (unpaired) electrons. The lowest BCUT2D eigenvalue weighted by molar-refractivity contribution is -0.117. The second-order valence-electron chi connectivity index (χ2n) is 7.85. The first-order valence-electron chi connectivity index (χ1n) is 10.5. The van der Waals surface area contributed by atoms with Gasteiger partial charge < -0.3 is 19.9 Å². The van der Waals surface area contributed by atoms with E-state index in [-0.39, 0.29) is 34.1 Å². The Morgan fingerprint density at radius 2 is 2.00 bits per heavy atom. The molecule has 2 aromatic heterocycles. The number of nitrogens with one attached hydrogen (secondary N) is 2. The van der Waals surface area contributed by atoms with E-state index in [0.717, 1.165) is 24.5 Å². The smallest absolute Gasteiger partial charge is 0.242 e. The summed E-state index contributed by atoms with van der Waals surface area (Å²) in [4.78, 5) is 24.4. The maximum atomic E-state index is 14.9. The molecule has 8 nitrogen and oxygen atoms in total. The van der Waals surface area contributed by atoms with Crippen LogP contribution in [0.2, 0.25) is 0 Å². The number of hydrogen-bond donors (Lipinski definition) is 2. The van der Waals surface area contributed by atoms with Crippen molar-refractivity contribution >= 4 is 34.0 Å². The number of carbonyl (C=O) groups excluding carboxylic acids is 1. The molecule has 170 valence electrons. The minimum absolute atomic E-state index is 0.0342. The number of aryl methyl sites for hydroxylation is 1. The predicted octanol–water partition coefficient (Wildman–Crippen LogP) is 5.08. The average Bonchev–Trinajstić information content (AvgIpc) is 3.44. The molecular formula is C24H18F2N6O2. The van der Waals surface area contributed by atoms with Gasteiger partial charge in [-0.1, -0.05) is 0 Å². The Morgan fingerprint density at radius 3 is 2.71 bits per heavy atom. The average molecular weight is 460 g/mol. The zero-order valence-electron chi connectivity index (χ0n) is 18.0. The van der Waals surface area contributed by atoms with Crippen LogP contribution in [0.25, 0.3) is 10.9 Å². The fourth-order valence-corrected chi connectivity index (χ4v) is 3.94. The number of fused-ring (bicyclic) bond motifs is 1. The van der Waals surface area contributed by atoms with E-state index in [1.807, 2.05) is 6.07 Å². The Morgan fingerprint density at radius 1 is 1.21 bits per heavy atom. The van der Waals surface area contributed by atoms with Gasteiger partial charge in [-0.2, -0.15) is 5.26 Å². The van der Waals surface area contributed by atoms with Crippen molar-refractivity contribution in [2.75, 3.05) is 16.8 Å². The van der Waals surface area contributed by atoms with Crippen molar-refractivity contribution in [3.8, 4) is 17.7 Å². The van der Waals surface area contributed by atoms with E-state index in [0.29, 0.717) is 24.3 Å². The molecule has 0 unspecified atom stereocenters. The lowest BCUT2D eigenvalue weighted by Crippen LogP contribution is -2.23. The maximum Gasteiger partial charge on any atom is 0.242 e. The number of benzene rings is 2. The van der Waals surface area contributed by atoms with Crippen LogP contribution in [0.1, 0.15) is 24.1 Å². The molecule has 10 heteroatoms. The number of rotatable bonds is 5. The summed E-state index contributed by atoms with van der Waals surface area (Å²) in [6.07, 6.45) is 2.52. The highest BCUT2D eigenvalue weighted by Crippen LogP contribution is 2.34. The first-order valence-corrected chi connectivity index (χ1v) is 10.5. The van der Waals surface area contributed by atoms with Gasteiger partial charge in [-0.3, -0.25) is 4.79 Å². The number of carbonyl (C=O) groups is 1. The Kier molecular flexibility index (Phi) is 5.30. The quantitative estimate of drug-likeness (QED) is 0.430. The molecule has 0 bridgehead atoms. The Labute approximate surface area is 192 Å². The van der Waals surface area contributed by atoms with Gasteiger partial charge in [-0.15, -0.1) is 0 Å². The zero-order chi connectivity index (χ0) is 23.8. The van der Waals surface area contributed by atoms with Crippen molar-refractivity contribution in [2.45, 2.75) is 19.8 Å². The normalized spacial score (nSPS) is 13.4. The highest BCUT2D eigenvalue weighted by atomic mass is 19.1. The predicted molar refractivity (Wildman–Crippen MR) is 121 cm³/mol. The van der Waals surface area contributed by atoms with Crippen molar-refractivity contribution in [3.05, 3.63) is 65.6 Å². The van der Waals surface area contributed by atoms with E-state index < -0.39 is 17.4 Å². The lowest BCUT2D eigenvalue weighted by atomic mass is 10.2. The maximum absolute atomic E-state index is 14.9. The second-order valence-corrected chi connectivity index (χ2v) is 7.85. The third kappa shape index (κ3) is 3.77. The van der Waals surface area contributed by atoms with Crippen molar-refractivity contribution < 1.29 is 18.3 Å². The monoisotopic (exact) mass is 460 g/mol. The lowest BCUT2D eigenvalue weighted by Gasteiger charge is -2.16. The van der Waals surface area contributed by atoms with Crippen molar-refractivity contribution in [1.29, 1.82) is 5.26 Å². The van der Waals surface area contributed by atoms with Crippen LogP contribution in [0.4, 0.5) is 26.0 Å².